The van der Waals surface area contributed by atoms with Gasteiger partial charge in [0.05, 0.1) is 11.6 Å². The molecule has 0 saturated heterocycles. The van der Waals surface area contributed by atoms with Crippen molar-refractivity contribution in [3.8, 4) is 5.75 Å². The van der Waals surface area contributed by atoms with Crippen LogP contribution in [-0.4, -0.2) is 37.8 Å². The van der Waals surface area contributed by atoms with Crippen molar-refractivity contribution in [2.75, 3.05) is 27.8 Å². The van der Waals surface area contributed by atoms with E-state index in [-0.39, 0.29) is 12.6 Å². The number of nitrogens with zero attached hydrogens (tertiary/aromatic N) is 1. The highest BCUT2D eigenvalue weighted by atomic mass is 79.9. The van der Waals surface area contributed by atoms with Gasteiger partial charge in [-0.15, -0.1) is 0 Å². The molecule has 1 unspecified atom stereocenters. The largest absolute Gasteiger partial charge is 0.496 e. The molecule has 0 saturated carbocycles. The zero-order chi connectivity index (χ0) is 12.1. The van der Waals surface area contributed by atoms with E-state index in [0.717, 1.165) is 16.6 Å². The van der Waals surface area contributed by atoms with Crippen LogP contribution in [0.25, 0.3) is 0 Å². The second kappa shape index (κ2) is 6.23. The Hall–Kier alpha value is -0.580. The maximum Gasteiger partial charge on any atom is 0.133 e. The molecule has 4 heteroatoms. The van der Waals surface area contributed by atoms with E-state index in [1.807, 2.05) is 32.3 Å². The molecule has 16 heavy (non-hydrogen) atoms. The van der Waals surface area contributed by atoms with E-state index >= 15 is 0 Å². The molecule has 1 aromatic carbocycles. The summed E-state index contributed by atoms with van der Waals surface area (Å²) in [6.45, 7) is 0.187. The van der Waals surface area contributed by atoms with Crippen LogP contribution in [0.3, 0.4) is 0 Å². The molecule has 0 heterocycles. The summed E-state index contributed by atoms with van der Waals surface area (Å²) < 4.78 is 6.13. The molecule has 0 amide bonds. The molecule has 0 spiro atoms. The number of halogens is 1. The summed E-state index contributed by atoms with van der Waals surface area (Å²) in [6.07, 6.45) is 0.728. The Kier molecular flexibility index (Phi) is 5.25. The Bertz CT molecular complexity index is 342. The topological polar surface area (TPSA) is 32.7 Å². The highest BCUT2D eigenvalue weighted by molar-refractivity contribution is 9.10. The first-order chi connectivity index (χ1) is 7.60. The van der Waals surface area contributed by atoms with Gasteiger partial charge in [0, 0.05) is 12.6 Å². The van der Waals surface area contributed by atoms with Gasteiger partial charge in [-0.3, -0.25) is 0 Å². The molecule has 1 N–H and O–H groups in total. The van der Waals surface area contributed by atoms with E-state index in [0.29, 0.717) is 0 Å². The van der Waals surface area contributed by atoms with E-state index in [1.165, 1.54) is 5.56 Å². The molecular weight excluding hydrogens is 270 g/mol. The lowest BCUT2D eigenvalue weighted by atomic mass is 10.0. The van der Waals surface area contributed by atoms with E-state index in [4.69, 9.17) is 9.84 Å². The highest BCUT2D eigenvalue weighted by Crippen LogP contribution is 2.30. The summed E-state index contributed by atoms with van der Waals surface area (Å²) in [6, 6.07) is 6.24. The Morgan fingerprint density at radius 3 is 2.56 bits per heavy atom. The molecule has 1 rings (SSSR count). The summed E-state index contributed by atoms with van der Waals surface area (Å²) in [5.41, 5.74) is 1.17. The van der Waals surface area contributed by atoms with Gasteiger partial charge in [0.1, 0.15) is 5.75 Å². The minimum atomic E-state index is 0.187. The molecule has 1 atom stereocenters. The number of ether oxygens (including phenoxy) is 1. The second-order valence-corrected chi connectivity index (χ2v) is 4.74. The zero-order valence-electron chi connectivity index (χ0n) is 9.90. The van der Waals surface area contributed by atoms with Gasteiger partial charge in [-0.1, -0.05) is 6.07 Å². The molecule has 0 radical (unpaired) electrons. The molecule has 0 aliphatic carbocycles. The van der Waals surface area contributed by atoms with Crippen molar-refractivity contribution in [3.05, 3.63) is 28.2 Å². The molecule has 1 aromatic rings. The minimum Gasteiger partial charge on any atom is -0.496 e. The first-order valence-electron chi connectivity index (χ1n) is 5.21. The maximum absolute atomic E-state index is 9.05. The van der Waals surface area contributed by atoms with Gasteiger partial charge in [0.25, 0.3) is 0 Å². The summed E-state index contributed by atoms with van der Waals surface area (Å²) in [4.78, 5) is 2.10. The minimum absolute atomic E-state index is 0.187. The maximum atomic E-state index is 9.05. The van der Waals surface area contributed by atoms with Crippen LogP contribution in [-0.2, 0) is 0 Å². The SMILES string of the molecule is COc1ccc(C(CCO)N(C)C)cc1Br. The van der Waals surface area contributed by atoms with Crippen molar-refractivity contribution < 1.29 is 9.84 Å². The van der Waals surface area contributed by atoms with Crippen molar-refractivity contribution in [1.82, 2.24) is 4.90 Å². The second-order valence-electron chi connectivity index (χ2n) is 3.89. The van der Waals surface area contributed by atoms with Crippen molar-refractivity contribution in [2.45, 2.75) is 12.5 Å². The van der Waals surface area contributed by atoms with Crippen LogP contribution in [0.15, 0.2) is 22.7 Å². The predicted octanol–water partition coefficient (Wildman–Crippen LogP) is 2.44. The first-order valence-corrected chi connectivity index (χ1v) is 6.00. The summed E-state index contributed by atoms with van der Waals surface area (Å²) >= 11 is 3.47. The molecule has 0 aromatic heterocycles. The van der Waals surface area contributed by atoms with Crippen LogP contribution in [0, 0.1) is 0 Å². The standard InChI is InChI=1S/C12H18BrNO2/c1-14(2)11(6-7-15)9-4-5-12(16-3)10(13)8-9/h4-5,8,11,15H,6-7H2,1-3H3. The van der Waals surface area contributed by atoms with Crippen molar-refractivity contribution >= 4 is 15.9 Å². The van der Waals surface area contributed by atoms with E-state index in [1.54, 1.807) is 7.11 Å². The normalized spacial score (nSPS) is 12.9. The van der Waals surface area contributed by atoms with Gasteiger partial charge >= 0.3 is 0 Å². The zero-order valence-corrected chi connectivity index (χ0v) is 11.5. The number of aliphatic hydroxyl groups is 1. The molecule has 0 aliphatic heterocycles. The van der Waals surface area contributed by atoms with Crippen molar-refractivity contribution in [2.24, 2.45) is 0 Å². The molecule has 0 aliphatic rings. The fraction of sp³-hybridized carbons (Fsp3) is 0.500. The predicted molar refractivity (Wildman–Crippen MR) is 68.8 cm³/mol. The van der Waals surface area contributed by atoms with Crippen LogP contribution in [0.2, 0.25) is 0 Å². The molecular formula is C12H18BrNO2. The Labute approximate surface area is 105 Å². The summed E-state index contributed by atoms with van der Waals surface area (Å²) in [5.74, 6) is 0.824. The number of hydrogen-bond acceptors (Lipinski definition) is 3. The molecule has 3 nitrogen and oxygen atoms in total. The number of rotatable bonds is 5. The van der Waals surface area contributed by atoms with Gasteiger partial charge in [0.15, 0.2) is 0 Å². The number of methoxy groups -OCH3 is 1. The van der Waals surface area contributed by atoms with E-state index in [9.17, 15) is 0 Å². The Balaban J connectivity index is 2.97. The van der Waals surface area contributed by atoms with Crippen LogP contribution < -0.4 is 4.74 Å². The van der Waals surface area contributed by atoms with Crippen LogP contribution in [0.1, 0.15) is 18.0 Å². The third-order valence-corrected chi connectivity index (χ3v) is 3.21. The Morgan fingerprint density at radius 2 is 2.12 bits per heavy atom. The molecule has 90 valence electrons. The van der Waals surface area contributed by atoms with E-state index in [2.05, 4.69) is 20.8 Å². The van der Waals surface area contributed by atoms with Gasteiger partial charge in [-0.05, 0) is 54.1 Å². The van der Waals surface area contributed by atoms with Gasteiger partial charge < -0.3 is 14.7 Å². The molecule has 0 fully saturated rings. The third kappa shape index (κ3) is 3.20. The highest BCUT2D eigenvalue weighted by Gasteiger charge is 2.14. The lowest BCUT2D eigenvalue weighted by molar-refractivity contribution is 0.210. The average molecular weight is 288 g/mol. The van der Waals surface area contributed by atoms with Gasteiger partial charge in [-0.25, -0.2) is 0 Å². The van der Waals surface area contributed by atoms with Crippen molar-refractivity contribution in [1.29, 1.82) is 0 Å². The van der Waals surface area contributed by atoms with Crippen LogP contribution >= 0.6 is 15.9 Å². The van der Waals surface area contributed by atoms with Crippen LogP contribution in [0.5, 0.6) is 5.75 Å². The lowest BCUT2D eigenvalue weighted by Gasteiger charge is -2.24. The number of benzene rings is 1. The fourth-order valence-corrected chi connectivity index (χ4v) is 2.29. The smallest absolute Gasteiger partial charge is 0.133 e. The van der Waals surface area contributed by atoms with Crippen molar-refractivity contribution in [3.63, 3.8) is 0 Å². The van der Waals surface area contributed by atoms with Crippen LogP contribution in [0.4, 0.5) is 0 Å². The average Bonchev–Trinajstić information content (AvgIpc) is 2.25. The van der Waals surface area contributed by atoms with Gasteiger partial charge in [0.2, 0.25) is 0 Å². The summed E-state index contributed by atoms with van der Waals surface area (Å²) in [5, 5.41) is 9.05. The third-order valence-electron chi connectivity index (χ3n) is 2.59. The Morgan fingerprint density at radius 1 is 1.44 bits per heavy atom. The first kappa shape index (κ1) is 13.5. The number of hydrogen-bond donors (Lipinski definition) is 1. The monoisotopic (exact) mass is 287 g/mol. The van der Waals surface area contributed by atoms with Gasteiger partial charge in [-0.2, -0.15) is 0 Å². The summed E-state index contributed by atoms with van der Waals surface area (Å²) in [7, 11) is 5.67. The quantitative estimate of drug-likeness (QED) is 0.903. The molecule has 0 bridgehead atoms. The van der Waals surface area contributed by atoms with E-state index < -0.39 is 0 Å². The fourth-order valence-electron chi connectivity index (χ4n) is 1.74. The lowest BCUT2D eigenvalue weighted by Crippen LogP contribution is -2.21. The number of aliphatic hydroxyl groups excluding tert-OH is 1.